The Kier molecular flexibility index (Phi) is 3.97. The van der Waals surface area contributed by atoms with E-state index in [0.29, 0.717) is 42.6 Å². The van der Waals surface area contributed by atoms with Gasteiger partial charge in [0.25, 0.3) is 0 Å². The highest BCUT2D eigenvalue weighted by Gasteiger charge is 2.28. The number of benzene rings is 4. The smallest absolute Gasteiger partial charge is 0.138 e. The summed E-state index contributed by atoms with van der Waals surface area (Å²) in [7, 11) is 0. The van der Waals surface area contributed by atoms with Crippen molar-refractivity contribution in [2.24, 2.45) is 9.98 Å². The highest BCUT2D eigenvalue weighted by molar-refractivity contribution is 6.31. The molecule has 0 aromatic heterocycles. The molecule has 188 valence electrons. The van der Waals surface area contributed by atoms with Crippen LogP contribution < -0.4 is 10.6 Å². The number of fused-ring (bicyclic) bond motifs is 4. The van der Waals surface area contributed by atoms with Crippen molar-refractivity contribution in [3.8, 4) is 0 Å². The average Bonchev–Trinajstić information content (AvgIpc) is 3.23. The molecule has 7 rings (SSSR count). The van der Waals surface area contributed by atoms with Crippen LogP contribution in [0.2, 0.25) is 10.0 Å². The predicted octanol–water partition coefficient (Wildman–Crippen LogP) is 7.58. The monoisotopic (exact) mass is 546 g/mol. The second-order valence-corrected chi connectivity index (χ2v) is 9.53. The zero-order valence-corrected chi connectivity index (χ0v) is 21.1. The summed E-state index contributed by atoms with van der Waals surface area (Å²) < 4.78 is 74.5. The molecule has 0 amide bonds. The molecule has 0 saturated carbocycles. The molecule has 0 atom stereocenters. The van der Waals surface area contributed by atoms with Crippen LogP contribution in [0.15, 0.2) is 94.9 Å². The van der Waals surface area contributed by atoms with E-state index >= 15 is 0 Å². The number of amidine groups is 2. The van der Waals surface area contributed by atoms with Gasteiger partial charge in [-0.1, -0.05) is 47.5 Å². The standard InChI is InChI=1S/C30H24Cl2N6/c31-19-9-11-25-27(17-19)35-29(21-5-1-3-7-23(21)33-25)37-13-15-38(16-14-37)30-22-6-2-4-8-24(22)34-26-12-10-20(32)18-28(26)36-30/h1-12,17-18,33-34H,13-16H2/i13D2,14D2,15D2,16D2. The first-order valence-electron chi connectivity index (χ1n) is 15.7. The predicted molar refractivity (Wildman–Crippen MR) is 158 cm³/mol. The molecular weight excluding hydrogens is 515 g/mol. The van der Waals surface area contributed by atoms with E-state index in [4.69, 9.17) is 23.2 Å². The number of piperazine rings is 1. The van der Waals surface area contributed by atoms with Crippen molar-refractivity contribution < 1.29 is 11.0 Å². The van der Waals surface area contributed by atoms with Gasteiger partial charge in [-0.15, -0.1) is 0 Å². The molecule has 0 radical (unpaired) electrons. The van der Waals surface area contributed by atoms with Gasteiger partial charge < -0.3 is 20.4 Å². The van der Waals surface area contributed by atoms with E-state index in [9.17, 15) is 11.0 Å². The van der Waals surface area contributed by atoms with Crippen LogP contribution in [-0.2, 0) is 0 Å². The van der Waals surface area contributed by atoms with Gasteiger partial charge in [0.05, 0.1) is 33.7 Å². The van der Waals surface area contributed by atoms with Crippen molar-refractivity contribution >= 4 is 69.0 Å². The molecule has 0 bridgehead atoms. The van der Waals surface area contributed by atoms with E-state index in [1.165, 1.54) is 12.1 Å². The van der Waals surface area contributed by atoms with Gasteiger partial charge >= 0.3 is 0 Å². The SMILES string of the molecule is [2H]C1([2H])N(C2=Nc3cc(Cl)ccc3Nc3ccccc32)C([2H])([2H])C([2H])([2H])N(C2=Nc3cc(Cl)ccc3Nc3ccccc32)C1([2H])[2H]. The summed E-state index contributed by atoms with van der Waals surface area (Å²) in [5.41, 5.74) is 2.77. The molecule has 0 unspecified atom stereocenters. The van der Waals surface area contributed by atoms with Crippen molar-refractivity contribution in [1.29, 1.82) is 0 Å². The van der Waals surface area contributed by atoms with Gasteiger partial charge in [0.15, 0.2) is 0 Å². The van der Waals surface area contributed by atoms with Gasteiger partial charge in [-0.3, -0.25) is 0 Å². The molecule has 1 saturated heterocycles. The van der Waals surface area contributed by atoms with Gasteiger partial charge in [0.2, 0.25) is 0 Å². The zero-order valence-electron chi connectivity index (χ0n) is 27.6. The minimum atomic E-state index is -3.26. The molecule has 6 nitrogen and oxygen atoms in total. The highest BCUT2D eigenvalue weighted by atomic mass is 35.5. The molecule has 0 aliphatic carbocycles. The van der Waals surface area contributed by atoms with Crippen LogP contribution in [-0.4, -0.2) is 47.5 Å². The summed E-state index contributed by atoms with van der Waals surface area (Å²) in [5.74, 6) is -0.651. The fraction of sp³-hybridized carbons (Fsp3) is 0.133. The number of anilines is 4. The summed E-state index contributed by atoms with van der Waals surface area (Å²) in [5, 5.41) is 7.05. The van der Waals surface area contributed by atoms with Crippen molar-refractivity contribution in [2.45, 2.75) is 0 Å². The third kappa shape index (κ3) is 4.16. The number of rotatable bonds is 0. The molecule has 4 aromatic carbocycles. The van der Waals surface area contributed by atoms with Gasteiger partial charge in [-0.05, 0) is 60.7 Å². The third-order valence-corrected chi connectivity index (χ3v) is 6.69. The largest absolute Gasteiger partial charge is 0.353 e. The van der Waals surface area contributed by atoms with Crippen LogP contribution in [0.1, 0.15) is 22.1 Å². The van der Waals surface area contributed by atoms with Gasteiger partial charge in [-0.25, -0.2) is 9.98 Å². The highest BCUT2D eigenvalue weighted by Crippen LogP contribution is 2.38. The Morgan fingerprint density at radius 3 is 1.45 bits per heavy atom. The van der Waals surface area contributed by atoms with E-state index in [-0.39, 0.29) is 34.2 Å². The van der Waals surface area contributed by atoms with Crippen LogP contribution in [0.5, 0.6) is 0 Å². The Labute approximate surface area is 242 Å². The summed E-state index contributed by atoms with van der Waals surface area (Å²) in [6.45, 7) is -13.0. The molecule has 2 N–H and O–H groups in total. The summed E-state index contributed by atoms with van der Waals surface area (Å²) in [4.78, 5) is 10.2. The fourth-order valence-corrected chi connectivity index (χ4v) is 4.76. The number of para-hydroxylation sites is 2. The molecule has 0 spiro atoms. The fourth-order valence-electron chi connectivity index (χ4n) is 4.43. The lowest BCUT2D eigenvalue weighted by molar-refractivity contribution is 0.260. The van der Waals surface area contributed by atoms with E-state index in [2.05, 4.69) is 20.6 Å². The summed E-state index contributed by atoms with van der Waals surface area (Å²) in [6.07, 6.45) is 0. The van der Waals surface area contributed by atoms with Crippen molar-refractivity contribution in [3.63, 3.8) is 0 Å². The van der Waals surface area contributed by atoms with E-state index in [0.717, 1.165) is 0 Å². The number of nitrogens with zero attached hydrogens (tertiary/aromatic N) is 4. The Morgan fingerprint density at radius 1 is 0.579 bits per heavy atom. The molecular formula is C30H24Cl2N6. The molecule has 38 heavy (non-hydrogen) atoms. The minimum Gasteiger partial charge on any atom is -0.353 e. The maximum Gasteiger partial charge on any atom is 0.138 e. The average molecular weight is 548 g/mol. The quantitative estimate of drug-likeness (QED) is 0.238. The lowest BCUT2D eigenvalue weighted by Gasteiger charge is -2.38. The molecule has 3 aliphatic rings. The number of hydrogen-bond acceptors (Lipinski definition) is 6. The number of halogens is 2. The molecule has 3 heterocycles. The van der Waals surface area contributed by atoms with Gasteiger partial charge in [0, 0.05) is 58.5 Å². The third-order valence-electron chi connectivity index (χ3n) is 6.22. The first-order chi connectivity index (χ1) is 21.6. The van der Waals surface area contributed by atoms with Crippen molar-refractivity contribution in [1.82, 2.24) is 9.80 Å². The topological polar surface area (TPSA) is 55.3 Å². The molecule has 1 fully saturated rings. The number of aliphatic imine (C=N–C) groups is 2. The minimum absolute atomic E-state index is 0.229. The normalized spacial score (nSPS) is 24.3. The second kappa shape index (κ2) is 9.39. The van der Waals surface area contributed by atoms with E-state index in [1.54, 1.807) is 72.8 Å². The number of nitrogens with one attached hydrogen (secondary N) is 2. The Bertz CT molecular complexity index is 1810. The summed E-state index contributed by atoms with van der Waals surface area (Å²) in [6, 6.07) is 22.9. The van der Waals surface area contributed by atoms with Crippen LogP contribution >= 0.6 is 23.2 Å². The van der Waals surface area contributed by atoms with Crippen molar-refractivity contribution in [2.75, 3.05) is 36.6 Å². The van der Waals surface area contributed by atoms with Crippen LogP contribution in [0.4, 0.5) is 34.1 Å². The second-order valence-electron chi connectivity index (χ2n) is 8.65. The Morgan fingerprint density at radius 2 is 1.00 bits per heavy atom. The van der Waals surface area contributed by atoms with Crippen molar-refractivity contribution in [3.05, 3.63) is 106 Å². The molecule has 4 aromatic rings. The lowest BCUT2D eigenvalue weighted by Crippen LogP contribution is -2.51. The summed E-state index contributed by atoms with van der Waals surface area (Å²) >= 11 is 12.5. The van der Waals surface area contributed by atoms with Gasteiger partial charge in [0.1, 0.15) is 11.7 Å². The van der Waals surface area contributed by atoms with Crippen LogP contribution in [0, 0.1) is 0 Å². The Hall–Kier alpha value is -4.00. The maximum absolute atomic E-state index is 9.31. The molecule has 8 heteroatoms. The van der Waals surface area contributed by atoms with E-state index in [1.807, 2.05) is 0 Å². The van der Waals surface area contributed by atoms with Crippen LogP contribution in [0.25, 0.3) is 0 Å². The van der Waals surface area contributed by atoms with Gasteiger partial charge in [-0.2, -0.15) is 0 Å². The first kappa shape index (κ1) is 16.1. The maximum atomic E-state index is 9.31. The zero-order chi connectivity index (χ0) is 32.8. The molecule has 3 aliphatic heterocycles. The first-order valence-corrected chi connectivity index (χ1v) is 12.5. The number of hydrogen-bond donors (Lipinski definition) is 2. The van der Waals surface area contributed by atoms with E-state index < -0.39 is 26.0 Å². The van der Waals surface area contributed by atoms with Crippen LogP contribution in [0.3, 0.4) is 0 Å². The Balaban J connectivity index is 1.48. The lowest BCUT2D eigenvalue weighted by atomic mass is 10.1.